The topological polar surface area (TPSA) is 59.0 Å². The van der Waals surface area contributed by atoms with Crippen LogP contribution in [0.3, 0.4) is 0 Å². The Morgan fingerprint density at radius 3 is 2.88 bits per heavy atom. The molecule has 0 heterocycles. The average molecular weight is 230 g/mol. The molecule has 2 rings (SSSR count). The van der Waals surface area contributed by atoms with E-state index in [1.54, 1.807) is 0 Å². The van der Waals surface area contributed by atoms with Crippen LogP contribution < -0.4 is 10.5 Å². The van der Waals surface area contributed by atoms with Gasteiger partial charge in [0.1, 0.15) is 5.75 Å². The van der Waals surface area contributed by atoms with Crippen LogP contribution in [0.25, 0.3) is 0 Å². The third-order valence-electron chi connectivity index (χ3n) is 3.29. The summed E-state index contributed by atoms with van der Waals surface area (Å²) in [5.41, 5.74) is 6.87. The highest BCUT2D eigenvalue weighted by Crippen LogP contribution is 2.48. The van der Waals surface area contributed by atoms with Crippen LogP contribution in [0, 0.1) is 16.7 Å². The first kappa shape index (κ1) is 11.9. The van der Waals surface area contributed by atoms with Gasteiger partial charge in [-0.25, -0.2) is 0 Å². The summed E-state index contributed by atoms with van der Waals surface area (Å²) in [6.07, 6.45) is 3.71. The Balaban J connectivity index is 1.91. The molecule has 0 spiro atoms. The Hall–Kier alpha value is -1.53. The van der Waals surface area contributed by atoms with Crippen LogP contribution in [0.2, 0.25) is 0 Å². The minimum absolute atomic E-state index is 0.138. The molecular formula is C14H18N2O. The third kappa shape index (κ3) is 3.21. The lowest BCUT2D eigenvalue weighted by molar-refractivity contribution is 0.236. The number of hydrogen-bond donors (Lipinski definition) is 1. The summed E-state index contributed by atoms with van der Waals surface area (Å²) in [5.74, 6) is 0.889. The van der Waals surface area contributed by atoms with E-state index in [-0.39, 0.29) is 5.41 Å². The molecule has 1 fully saturated rings. The van der Waals surface area contributed by atoms with Crippen LogP contribution in [0.1, 0.15) is 24.8 Å². The molecule has 0 unspecified atom stereocenters. The van der Waals surface area contributed by atoms with Crippen molar-refractivity contribution in [3.05, 3.63) is 29.8 Å². The number of rotatable bonds is 6. The second-order valence-electron chi connectivity index (χ2n) is 4.81. The predicted octanol–water partition coefficient (Wildman–Crippen LogP) is 2.26. The number of ether oxygens (including phenoxy) is 1. The van der Waals surface area contributed by atoms with Crippen LogP contribution in [-0.4, -0.2) is 13.2 Å². The standard InChI is InChI=1S/C14H18N2O/c15-8-4-12-2-1-3-13(10-12)17-11-14(5-6-14)7-9-16/h1-3,10H,4-8,11,15H2. The van der Waals surface area contributed by atoms with E-state index in [9.17, 15) is 0 Å². The van der Waals surface area contributed by atoms with Crippen molar-refractivity contribution in [2.24, 2.45) is 11.1 Å². The van der Waals surface area contributed by atoms with Crippen LogP contribution in [-0.2, 0) is 6.42 Å². The largest absolute Gasteiger partial charge is 0.493 e. The molecule has 0 aliphatic heterocycles. The number of benzene rings is 1. The van der Waals surface area contributed by atoms with Gasteiger partial charge >= 0.3 is 0 Å². The highest BCUT2D eigenvalue weighted by atomic mass is 16.5. The van der Waals surface area contributed by atoms with Crippen molar-refractivity contribution in [1.82, 2.24) is 0 Å². The van der Waals surface area contributed by atoms with Crippen LogP contribution >= 0.6 is 0 Å². The van der Waals surface area contributed by atoms with Crippen LogP contribution in [0.15, 0.2) is 24.3 Å². The van der Waals surface area contributed by atoms with Crippen LogP contribution in [0.4, 0.5) is 0 Å². The molecular weight excluding hydrogens is 212 g/mol. The van der Waals surface area contributed by atoms with Gasteiger partial charge in [-0.05, 0) is 43.5 Å². The van der Waals surface area contributed by atoms with Crippen molar-refractivity contribution < 1.29 is 4.74 Å². The Labute approximate surface area is 102 Å². The van der Waals surface area contributed by atoms with Gasteiger partial charge in [-0.3, -0.25) is 0 Å². The second kappa shape index (κ2) is 5.20. The lowest BCUT2D eigenvalue weighted by Crippen LogP contribution is -2.12. The molecule has 0 atom stereocenters. The molecule has 0 bridgehead atoms. The first-order valence-electron chi connectivity index (χ1n) is 6.07. The second-order valence-corrected chi connectivity index (χ2v) is 4.81. The van der Waals surface area contributed by atoms with Gasteiger partial charge in [-0.1, -0.05) is 12.1 Å². The van der Waals surface area contributed by atoms with E-state index in [1.807, 2.05) is 18.2 Å². The average Bonchev–Trinajstić information content (AvgIpc) is 3.09. The Bertz CT molecular complexity index is 418. The van der Waals surface area contributed by atoms with E-state index in [0.717, 1.165) is 25.0 Å². The van der Waals surface area contributed by atoms with Gasteiger partial charge in [-0.2, -0.15) is 5.26 Å². The minimum Gasteiger partial charge on any atom is -0.493 e. The third-order valence-corrected chi connectivity index (χ3v) is 3.29. The summed E-state index contributed by atoms with van der Waals surface area (Å²) < 4.78 is 5.78. The van der Waals surface area contributed by atoms with Crippen molar-refractivity contribution in [3.8, 4) is 11.8 Å². The summed E-state index contributed by atoms with van der Waals surface area (Å²) in [7, 11) is 0. The highest BCUT2D eigenvalue weighted by Gasteiger charge is 2.43. The lowest BCUT2D eigenvalue weighted by Gasteiger charge is -2.13. The Morgan fingerprint density at radius 1 is 1.41 bits per heavy atom. The van der Waals surface area contributed by atoms with Gasteiger partial charge in [0.05, 0.1) is 12.7 Å². The fourth-order valence-corrected chi connectivity index (χ4v) is 1.91. The van der Waals surface area contributed by atoms with E-state index in [0.29, 0.717) is 19.6 Å². The van der Waals surface area contributed by atoms with Gasteiger partial charge in [0, 0.05) is 11.8 Å². The van der Waals surface area contributed by atoms with Crippen molar-refractivity contribution in [3.63, 3.8) is 0 Å². The quantitative estimate of drug-likeness (QED) is 0.815. The summed E-state index contributed by atoms with van der Waals surface area (Å²) in [6, 6.07) is 10.3. The van der Waals surface area contributed by atoms with Gasteiger partial charge in [0.2, 0.25) is 0 Å². The number of nitrogens with two attached hydrogens (primary N) is 1. The zero-order chi connectivity index (χ0) is 12.1. The molecule has 3 nitrogen and oxygen atoms in total. The van der Waals surface area contributed by atoms with Crippen LogP contribution in [0.5, 0.6) is 5.75 Å². The molecule has 1 aliphatic rings. The monoisotopic (exact) mass is 230 g/mol. The van der Waals surface area contributed by atoms with Gasteiger partial charge in [-0.15, -0.1) is 0 Å². The van der Waals surface area contributed by atoms with Gasteiger partial charge in [0.25, 0.3) is 0 Å². The van der Waals surface area contributed by atoms with Crippen molar-refractivity contribution in [2.45, 2.75) is 25.7 Å². The lowest BCUT2D eigenvalue weighted by atomic mass is 10.1. The summed E-state index contributed by atoms with van der Waals surface area (Å²) in [4.78, 5) is 0. The molecule has 0 saturated heterocycles. The summed E-state index contributed by atoms with van der Waals surface area (Å²) >= 11 is 0. The van der Waals surface area contributed by atoms with Crippen molar-refractivity contribution in [2.75, 3.05) is 13.2 Å². The van der Waals surface area contributed by atoms with Gasteiger partial charge < -0.3 is 10.5 Å². The molecule has 1 aliphatic carbocycles. The van der Waals surface area contributed by atoms with E-state index in [1.165, 1.54) is 5.56 Å². The summed E-state index contributed by atoms with van der Waals surface area (Å²) in [6.45, 7) is 1.31. The normalized spacial score (nSPS) is 16.2. The van der Waals surface area contributed by atoms with E-state index in [4.69, 9.17) is 15.7 Å². The fourth-order valence-electron chi connectivity index (χ4n) is 1.91. The fraction of sp³-hybridized carbons (Fsp3) is 0.500. The predicted molar refractivity (Wildman–Crippen MR) is 66.6 cm³/mol. The van der Waals surface area contributed by atoms with E-state index < -0.39 is 0 Å². The molecule has 0 aromatic heterocycles. The number of nitriles is 1. The maximum absolute atomic E-state index is 8.73. The molecule has 90 valence electrons. The zero-order valence-corrected chi connectivity index (χ0v) is 9.98. The summed E-state index contributed by atoms with van der Waals surface area (Å²) in [5, 5.41) is 8.73. The van der Waals surface area contributed by atoms with E-state index in [2.05, 4.69) is 12.1 Å². The first-order valence-corrected chi connectivity index (χ1v) is 6.07. The van der Waals surface area contributed by atoms with E-state index >= 15 is 0 Å². The first-order chi connectivity index (χ1) is 8.28. The highest BCUT2D eigenvalue weighted by molar-refractivity contribution is 5.29. The number of hydrogen-bond acceptors (Lipinski definition) is 3. The van der Waals surface area contributed by atoms with Crippen molar-refractivity contribution in [1.29, 1.82) is 5.26 Å². The molecule has 3 heteroatoms. The molecule has 1 aromatic rings. The maximum atomic E-state index is 8.73. The molecule has 0 radical (unpaired) electrons. The molecule has 17 heavy (non-hydrogen) atoms. The molecule has 0 amide bonds. The molecule has 1 saturated carbocycles. The molecule has 1 aromatic carbocycles. The molecule has 2 N–H and O–H groups in total. The smallest absolute Gasteiger partial charge is 0.119 e. The zero-order valence-electron chi connectivity index (χ0n) is 9.98. The minimum atomic E-state index is 0.138. The Kier molecular flexibility index (Phi) is 3.65. The SMILES string of the molecule is N#CCC1(COc2cccc(CCN)c2)CC1. The maximum Gasteiger partial charge on any atom is 0.119 e. The van der Waals surface area contributed by atoms with Crippen molar-refractivity contribution >= 4 is 0 Å². The number of nitrogens with zero attached hydrogens (tertiary/aromatic N) is 1. The van der Waals surface area contributed by atoms with Gasteiger partial charge in [0.15, 0.2) is 0 Å². The Morgan fingerprint density at radius 2 is 2.24 bits per heavy atom.